The molecule has 772 valence electrons. The van der Waals surface area contributed by atoms with E-state index >= 15 is 0 Å². The molecule has 1 aromatic heterocycles. The number of aromatic nitrogens is 1. The number of H-pyrrole nitrogens is 1. The van der Waals surface area contributed by atoms with E-state index in [0.717, 1.165) is 16.5 Å². The number of carboxylic acids is 1. The highest BCUT2D eigenvalue weighted by atomic mass is 16.4. The molecule has 2 aromatic rings. The van der Waals surface area contributed by atoms with Crippen LogP contribution >= 0.6 is 0 Å². The quantitative estimate of drug-likeness (QED) is 0.0299. The van der Waals surface area contributed by atoms with Crippen molar-refractivity contribution in [1.82, 2.24) is 106 Å². The van der Waals surface area contributed by atoms with Gasteiger partial charge in [0.25, 0.3) is 0 Å². The van der Waals surface area contributed by atoms with E-state index in [9.17, 15) is 121 Å². The predicted molar refractivity (Wildman–Crippen MR) is 502 cm³/mol. The van der Waals surface area contributed by atoms with E-state index in [-0.39, 0.29) is 44.6 Å². The van der Waals surface area contributed by atoms with Crippen LogP contribution in [0.5, 0.6) is 0 Å². The van der Waals surface area contributed by atoms with Crippen molar-refractivity contribution < 1.29 is 121 Å². The number of benzene rings is 1. The van der Waals surface area contributed by atoms with Gasteiger partial charge in [0.1, 0.15) is 105 Å². The minimum Gasteiger partial charge on any atom is -0.481 e. The molecule has 47 nitrogen and oxygen atoms in total. The van der Waals surface area contributed by atoms with Gasteiger partial charge < -0.3 is 132 Å². The number of nitrogens with one attached hydrogen (secondary N) is 19. The first-order chi connectivity index (χ1) is 63.3. The van der Waals surface area contributed by atoms with Crippen molar-refractivity contribution >= 4 is 141 Å². The van der Waals surface area contributed by atoms with Crippen molar-refractivity contribution in [2.24, 2.45) is 29.2 Å². The molecule has 1 saturated heterocycles. The van der Waals surface area contributed by atoms with Crippen LogP contribution in [-0.4, -0.2) is 286 Å². The first-order valence-electron chi connectivity index (χ1n) is 45.8. The average molecular weight is 1950 g/mol. The van der Waals surface area contributed by atoms with E-state index in [0.29, 0.717) is 0 Å². The lowest BCUT2D eigenvalue weighted by Crippen LogP contribution is -2.68. The summed E-state index contributed by atoms with van der Waals surface area (Å²) in [6.07, 6.45) is -0.482. The average Bonchev–Trinajstić information content (AvgIpc) is 1.09. The predicted octanol–water partition coefficient (Wildman–Crippen LogP) is -4.10. The van der Waals surface area contributed by atoms with Gasteiger partial charge in [-0.1, -0.05) is 66.2 Å². The summed E-state index contributed by atoms with van der Waals surface area (Å²) in [7, 11) is 0. The highest BCUT2D eigenvalue weighted by Crippen LogP contribution is 2.26. The van der Waals surface area contributed by atoms with Crippen LogP contribution in [0.25, 0.3) is 10.9 Å². The minimum absolute atomic E-state index is 0.00326. The molecule has 0 aliphatic carbocycles. The van der Waals surface area contributed by atoms with Crippen molar-refractivity contribution in [3.05, 3.63) is 36.0 Å². The number of nitrogens with two attached hydrogens (primary N) is 2. The molecule has 0 bridgehead atoms. The molecular formula is C91H148N22O25. The summed E-state index contributed by atoms with van der Waals surface area (Å²) in [5.41, 5.74) is -2.18. The number of aliphatic carboxylic acids is 1. The van der Waals surface area contributed by atoms with Crippen LogP contribution in [0.15, 0.2) is 30.5 Å². The molecule has 1 aliphatic rings. The van der Waals surface area contributed by atoms with Gasteiger partial charge in [0.05, 0.1) is 19.3 Å². The molecule has 0 saturated carbocycles. The Morgan fingerprint density at radius 1 is 0.420 bits per heavy atom. The molecule has 12 atom stereocenters. The van der Waals surface area contributed by atoms with Gasteiger partial charge in [0.15, 0.2) is 0 Å². The van der Waals surface area contributed by atoms with Crippen molar-refractivity contribution in [3.63, 3.8) is 0 Å². The number of para-hydroxylation sites is 1. The molecule has 1 fully saturated rings. The molecule has 47 heteroatoms. The Hall–Kier alpha value is -13.0. The van der Waals surface area contributed by atoms with E-state index in [1.165, 1.54) is 136 Å². The number of fused-ring (bicyclic) bond motifs is 1. The van der Waals surface area contributed by atoms with Crippen LogP contribution in [0.4, 0.5) is 0 Å². The van der Waals surface area contributed by atoms with Crippen LogP contribution in [-0.2, 0) is 112 Å². The summed E-state index contributed by atoms with van der Waals surface area (Å²) in [6, 6.07) is -8.17. The van der Waals surface area contributed by atoms with Crippen molar-refractivity contribution in [2.75, 3.05) is 19.8 Å². The Morgan fingerprint density at radius 3 is 1.31 bits per heavy atom. The van der Waals surface area contributed by atoms with Gasteiger partial charge in [-0.05, 0) is 199 Å². The number of aromatic amines is 1. The molecule has 2 heterocycles. The van der Waals surface area contributed by atoms with E-state index in [4.69, 9.17) is 11.5 Å². The van der Waals surface area contributed by atoms with Crippen LogP contribution in [0.1, 0.15) is 243 Å². The zero-order chi connectivity index (χ0) is 106. The number of carbonyl (C=O) groups is 22. The summed E-state index contributed by atoms with van der Waals surface area (Å²) in [6.45, 7) is 32.7. The summed E-state index contributed by atoms with van der Waals surface area (Å²) in [4.78, 5) is 304. The number of likely N-dealkylation sites (tertiary alicyclic amines) is 1. The topological polar surface area (TPSA) is 724 Å². The standard InChI is InChI=1S/C91H148N22O25/c1-26-47(6)65(74(129)99-55(33-36-61(92)117)69(124)98-56(35-38-63(119)120)68(123)97-52(43-114)41-51-42-94-54-31-28-27-30-53(51)54)104-79(134)85(12,13)109-75(130)64(46(4)5)103-73(128)60-32-29-39-113(60)83(138)91(24,25)108-72(127)58(40-45(2)3)100-70(125)59(44-115)102-78(133)87(16,17)111-82(137)90(22,23)112-81(136)89(20,21)107-71(126)57(34-37-62(93)118)101-77(132)86(14,15)110-80(135)88(18,19)106-67(122)49(8)95-66(121)48(7)96-76(131)84(10,11)105-50(9)116/h27-28,30-31,42,45-49,52,55-60,64-65,94,114-115H,26,29,32-41,43-44H2,1-25H3,(H2,92,117)(H2,93,118)(H,95,121)(H,96,131)(H,97,123)(H,98,124)(H,99,129)(H,100,125)(H,101,132)(H,102,133)(H,103,128)(H,104,134)(H,105,116)(H,106,122)(H,107,126)(H,108,127)(H,109,130)(H,110,135)(H,111,137)(H,112,136)(H,119,120)/t47-,48-,49-,52?,55-,56-,57-,58-,59-,60-,64-,65-/m0/s1. The number of nitrogens with zero attached hydrogens (tertiary/aromatic N) is 1. The van der Waals surface area contributed by atoms with Crippen LogP contribution in [0.2, 0.25) is 0 Å². The SMILES string of the molecule is CC[C@H](C)[C@H](NC(=O)C(C)(C)NC(=O)[C@@H](NC(=O)[C@@H]1CCCN1C(=O)C(C)(C)NC(=O)[C@H](CC(C)C)NC(=O)[C@H](CO)NC(=O)C(C)(C)NC(=O)C(C)(C)NC(=O)C(C)(C)NC(=O)[C@H](CCC(N)=O)NC(=O)C(C)(C)NC(=O)C(C)(C)NC(=O)[C@H](C)NC(=O)[C@H](C)NC(=O)C(C)(C)NC(C)=O)C(C)C)C(=O)N[C@@H](CCC(N)=O)C(=O)N[C@@H](CCC(=O)O)C(=O)NC(CO)Cc1c[nH]c2ccccc12. The number of primary amides is 2. The first-order valence-corrected chi connectivity index (χ1v) is 45.8. The molecule has 138 heavy (non-hydrogen) atoms. The van der Waals surface area contributed by atoms with Crippen molar-refractivity contribution in [3.8, 4) is 0 Å². The second kappa shape index (κ2) is 50.4. The zero-order valence-corrected chi connectivity index (χ0v) is 83.8. The van der Waals surface area contributed by atoms with Crippen molar-refractivity contribution in [2.45, 2.75) is 354 Å². The molecule has 1 aliphatic heterocycles. The van der Waals surface area contributed by atoms with Gasteiger partial charge in [-0.3, -0.25) is 105 Å². The first kappa shape index (κ1) is 119. The van der Waals surface area contributed by atoms with E-state index in [2.05, 4.69) is 101 Å². The van der Waals surface area contributed by atoms with Gasteiger partial charge in [0, 0.05) is 49.8 Å². The molecule has 21 amide bonds. The monoisotopic (exact) mass is 1950 g/mol. The lowest BCUT2D eigenvalue weighted by atomic mass is 9.94. The third kappa shape index (κ3) is 35.9. The molecule has 1 aromatic carbocycles. The van der Waals surface area contributed by atoms with Gasteiger partial charge in [-0.2, -0.15) is 0 Å². The normalized spacial score (nSPS) is 15.6. The lowest BCUT2D eigenvalue weighted by Gasteiger charge is -2.36. The maximum Gasteiger partial charge on any atom is 0.303 e. The highest BCUT2D eigenvalue weighted by Gasteiger charge is 2.48. The van der Waals surface area contributed by atoms with Crippen LogP contribution in [0, 0.1) is 17.8 Å². The molecule has 0 radical (unpaired) electrons. The Labute approximate surface area is 803 Å². The van der Waals surface area contributed by atoms with Crippen molar-refractivity contribution in [1.29, 1.82) is 0 Å². The highest BCUT2D eigenvalue weighted by molar-refractivity contribution is 6.05. The maximum absolute atomic E-state index is 14.7. The fraction of sp³-hybridized carbons (Fsp3) is 0.670. The second-order valence-corrected chi connectivity index (χ2v) is 40.1. The largest absolute Gasteiger partial charge is 0.481 e. The number of aliphatic hydroxyl groups excluding tert-OH is 2. The molecule has 3 rings (SSSR count). The number of aliphatic hydroxyl groups is 2. The number of carboxylic acid groups (broad SMARTS) is 1. The molecular weight excluding hydrogens is 1800 g/mol. The summed E-state index contributed by atoms with van der Waals surface area (Å²) in [5.74, 6) is -21.9. The summed E-state index contributed by atoms with van der Waals surface area (Å²) >= 11 is 0. The van der Waals surface area contributed by atoms with E-state index in [1.54, 1.807) is 47.7 Å². The van der Waals surface area contributed by atoms with Gasteiger partial charge >= 0.3 is 5.97 Å². The van der Waals surface area contributed by atoms with Gasteiger partial charge in [-0.15, -0.1) is 0 Å². The second-order valence-electron chi connectivity index (χ2n) is 40.1. The smallest absolute Gasteiger partial charge is 0.303 e. The number of carbonyl (C=O) groups excluding carboxylic acids is 21. The Morgan fingerprint density at radius 2 is 0.826 bits per heavy atom. The molecule has 0 spiro atoms. The van der Waals surface area contributed by atoms with Gasteiger partial charge in [-0.25, -0.2) is 0 Å². The Bertz CT molecular complexity index is 4820. The summed E-state index contributed by atoms with van der Waals surface area (Å²) in [5, 5.41) is 76.7. The number of hydrogen-bond acceptors (Lipinski definition) is 24. The fourth-order valence-electron chi connectivity index (χ4n) is 14.2. The summed E-state index contributed by atoms with van der Waals surface area (Å²) < 4.78 is 0. The van der Waals surface area contributed by atoms with Gasteiger partial charge in [0.2, 0.25) is 124 Å². The molecule has 1 unspecified atom stereocenters. The number of rotatable bonds is 54. The Balaban J connectivity index is 1.71. The minimum atomic E-state index is -1.97. The fourth-order valence-corrected chi connectivity index (χ4v) is 14.2. The molecule has 26 N–H and O–H groups in total. The maximum atomic E-state index is 14.7. The Kier molecular flexibility index (Phi) is 43.5. The third-order valence-electron chi connectivity index (χ3n) is 23.1. The van der Waals surface area contributed by atoms with Crippen LogP contribution in [0.3, 0.4) is 0 Å². The zero-order valence-electron chi connectivity index (χ0n) is 83.8. The lowest BCUT2D eigenvalue weighted by molar-refractivity contribution is -0.146. The third-order valence-corrected chi connectivity index (χ3v) is 23.1. The number of hydrogen-bond donors (Lipinski definition) is 24. The number of amides is 21. The van der Waals surface area contributed by atoms with E-state index < -0.39 is 304 Å². The van der Waals surface area contributed by atoms with E-state index in [1.807, 2.05) is 24.3 Å². The van der Waals surface area contributed by atoms with Crippen LogP contribution < -0.4 is 107 Å².